The van der Waals surface area contributed by atoms with E-state index in [9.17, 15) is 4.79 Å². The summed E-state index contributed by atoms with van der Waals surface area (Å²) in [5.41, 5.74) is 4.83. The molecule has 0 saturated heterocycles. The highest BCUT2D eigenvalue weighted by Crippen LogP contribution is 2.38. The summed E-state index contributed by atoms with van der Waals surface area (Å²) >= 11 is 0. The molecule has 38 heavy (non-hydrogen) atoms. The van der Waals surface area contributed by atoms with Crippen LogP contribution in [0, 0.1) is 0 Å². The smallest absolute Gasteiger partial charge is 0.326 e. The summed E-state index contributed by atoms with van der Waals surface area (Å²) in [5.74, 6) is 2.60. The minimum Gasteiger partial charge on any atom is -0.493 e. The molecular weight excluding hydrogens is 478 g/mol. The molecule has 0 saturated carbocycles. The Morgan fingerprint density at radius 1 is 0.974 bits per heavy atom. The molecule has 0 atom stereocenters. The Bertz CT molecular complexity index is 1440. The summed E-state index contributed by atoms with van der Waals surface area (Å²) in [4.78, 5) is 19.4. The minimum atomic E-state index is -0.123. The van der Waals surface area contributed by atoms with E-state index in [4.69, 9.17) is 14.2 Å². The Hall–Kier alpha value is -4.26. The van der Waals surface area contributed by atoms with Gasteiger partial charge in [0, 0.05) is 35.6 Å². The molecule has 0 aliphatic carbocycles. The summed E-state index contributed by atoms with van der Waals surface area (Å²) < 4.78 is 17.2. The zero-order valence-electron chi connectivity index (χ0n) is 22.1. The Morgan fingerprint density at radius 2 is 1.76 bits per heavy atom. The van der Waals surface area contributed by atoms with Gasteiger partial charge in [-0.3, -0.25) is 9.88 Å². The van der Waals surface area contributed by atoms with Crippen LogP contribution in [-0.2, 0) is 12.8 Å². The SMILES string of the molecule is CCCCc1ccc(NC(=O)N2CCCc3cc(Oc4ccnc5cc(OC)c(OC)cc45)ccc32)cc1. The van der Waals surface area contributed by atoms with Crippen molar-refractivity contribution in [3.8, 4) is 23.0 Å². The third-order valence-corrected chi connectivity index (χ3v) is 6.87. The van der Waals surface area contributed by atoms with Gasteiger partial charge in [-0.15, -0.1) is 0 Å². The molecule has 5 rings (SSSR count). The summed E-state index contributed by atoms with van der Waals surface area (Å²) in [6.07, 6.45) is 6.88. The zero-order valence-corrected chi connectivity index (χ0v) is 22.1. The Morgan fingerprint density at radius 3 is 2.53 bits per heavy atom. The molecule has 1 aliphatic rings. The highest BCUT2D eigenvalue weighted by molar-refractivity contribution is 6.02. The molecule has 7 heteroatoms. The molecule has 4 aromatic rings. The number of aromatic nitrogens is 1. The van der Waals surface area contributed by atoms with Gasteiger partial charge in [0.15, 0.2) is 11.5 Å². The normalized spacial score (nSPS) is 12.7. The quantitative estimate of drug-likeness (QED) is 0.267. The van der Waals surface area contributed by atoms with Crippen molar-refractivity contribution >= 4 is 28.3 Å². The van der Waals surface area contributed by atoms with Crippen molar-refractivity contribution in [1.29, 1.82) is 0 Å². The number of aryl methyl sites for hydroxylation is 2. The van der Waals surface area contributed by atoms with Crippen LogP contribution in [0.15, 0.2) is 66.9 Å². The number of benzene rings is 3. The molecule has 3 aromatic carbocycles. The van der Waals surface area contributed by atoms with Gasteiger partial charge in [-0.05, 0) is 79.3 Å². The van der Waals surface area contributed by atoms with E-state index in [1.165, 1.54) is 18.4 Å². The number of nitrogens with zero attached hydrogens (tertiary/aromatic N) is 2. The molecule has 0 unspecified atom stereocenters. The van der Waals surface area contributed by atoms with E-state index in [-0.39, 0.29) is 6.03 Å². The van der Waals surface area contributed by atoms with Crippen molar-refractivity contribution in [2.24, 2.45) is 0 Å². The fourth-order valence-electron chi connectivity index (χ4n) is 4.84. The molecule has 0 bridgehead atoms. The number of carbonyl (C=O) groups is 1. The van der Waals surface area contributed by atoms with Gasteiger partial charge in [-0.1, -0.05) is 25.5 Å². The van der Waals surface area contributed by atoms with Gasteiger partial charge in [0.2, 0.25) is 0 Å². The lowest BCUT2D eigenvalue weighted by molar-refractivity contribution is 0.256. The number of fused-ring (bicyclic) bond motifs is 2. The molecule has 196 valence electrons. The van der Waals surface area contributed by atoms with E-state index in [0.717, 1.165) is 47.1 Å². The topological polar surface area (TPSA) is 72.9 Å². The van der Waals surface area contributed by atoms with Crippen molar-refractivity contribution in [3.05, 3.63) is 78.0 Å². The maximum atomic E-state index is 13.2. The number of unbranched alkanes of at least 4 members (excludes halogenated alkanes) is 1. The van der Waals surface area contributed by atoms with Gasteiger partial charge < -0.3 is 19.5 Å². The molecule has 2 heterocycles. The molecule has 0 spiro atoms. The molecule has 0 radical (unpaired) electrons. The number of methoxy groups -OCH3 is 2. The summed E-state index contributed by atoms with van der Waals surface area (Å²) in [7, 11) is 3.21. The predicted octanol–water partition coefficient (Wildman–Crippen LogP) is 7.37. The number of ether oxygens (including phenoxy) is 3. The monoisotopic (exact) mass is 511 g/mol. The number of rotatable bonds is 8. The average molecular weight is 512 g/mol. The molecule has 7 nitrogen and oxygen atoms in total. The Balaban J connectivity index is 1.34. The van der Waals surface area contributed by atoms with Crippen molar-refractivity contribution in [1.82, 2.24) is 4.98 Å². The standard InChI is InChI=1S/C31H33N3O4/c1-4-5-7-21-9-11-23(12-10-21)33-31(35)34-17-6-8-22-18-24(13-14-27(22)34)38-28-15-16-32-26-20-30(37-3)29(36-2)19-25(26)28/h9-16,18-20H,4-8,17H2,1-3H3,(H,33,35). The molecule has 2 amide bonds. The number of nitrogens with one attached hydrogen (secondary N) is 1. The minimum absolute atomic E-state index is 0.123. The molecular formula is C31H33N3O4. The molecule has 1 aromatic heterocycles. The van der Waals surface area contributed by atoms with E-state index in [1.54, 1.807) is 20.4 Å². The van der Waals surface area contributed by atoms with Gasteiger partial charge in [0.05, 0.1) is 19.7 Å². The number of anilines is 2. The summed E-state index contributed by atoms with van der Waals surface area (Å²) in [5, 5.41) is 3.88. The second-order valence-electron chi connectivity index (χ2n) is 9.41. The number of hydrogen-bond acceptors (Lipinski definition) is 5. The molecule has 1 N–H and O–H groups in total. The lowest BCUT2D eigenvalue weighted by Gasteiger charge is -2.30. The average Bonchev–Trinajstić information content (AvgIpc) is 2.95. The maximum absolute atomic E-state index is 13.2. The van der Waals surface area contributed by atoms with Crippen LogP contribution >= 0.6 is 0 Å². The van der Waals surface area contributed by atoms with Crippen molar-refractivity contribution in [3.63, 3.8) is 0 Å². The first-order chi connectivity index (χ1) is 18.6. The van der Waals surface area contributed by atoms with Crippen LogP contribution in [0.5, 0.6) is 23.0 Å². The van der Waals surface area contributed by atoms with Crippen LogP contribution in [0.25, 0.3) is 10.9 Å². The van der Waals surface area contributed by atoms with Crippen molar-refractivity contribution < 1.29 is 19.0 Å². The Labute approximate surface area is 223 Å². The zero-order chi connectivity index (χ0) is 26.5. The van der Waals surface area contributed by atoms with Crippen LogP contribution in [0.4, 0.5) is 16.2 Å². The highest BCUT2D eigenvalue weighted by atomic mass is 16.5. The van der Waals surface area contributed by atoms with Gasteiger partial charge in [0.1, 0.15) is 11.5 Å². The number of amides is 2. The lowest BCUT2D eigenvalue weighted by Crippen LogP contribution is -2.38. The van der Waals surface area contributed by atoms with Gasteiger partial charge in [0.25, 0.3) is 0 Å². The first-order valence-electron chi connectivity index (χ1n) is 13.1. The summed E-state index contributed by atoms with van der Waals surface area (Å²) in [6, 6.07) is 19.4. The first kappa shape index (κ1) is 25.4. The highest BCUT2D eigenvalue weighted by Gasteiger charge is 2.23. The number of carbonyl (C=O) groups excluding carboxylic acids is 1. The van der Waals surface area contributed by atoms with Crippen LogP contribution < -0.4 is 24.4 Å². The number of hydrogen-bond donors (Lipinski definition) is 1. The van der Waals surface area contributed by atoms with E-state index in [0.29, 0.717) is 29.5 Å². The number of urea groups is 1. The molecule has 1 aliphatic heterocycles. The molecule has 0 fully saturated rings. The van der Waals surface area contributed by atoms with E-state index in [1.807, 2.05) is 53.4 Å². The van der Waals surface area contributed by atoms with E-state index >= 15 is 0 Å². The fourth-order valence-corrected chi connectivity index (χ4v) is 4.84. The van der Waals surface area contributed by atoms with Crippen molar-refractivity contribution in [2.75, 3.05) is 31.0 Å². The van der Waals surface area contributed by atoms with Crippen LogP contribution in [-0.4, -0.2) is 31.8 Å². The Kier molecular flexibility index (Phi) is 7.63. The summed E-state index contributed by atoms with van der Waals surface area (Å²) in [6.45, 7) is 2.86. The third-order valence-electron chi connectivity index (χ3n) is 6.87. The fraction of sp³-hybridized carbons (Fsp3) is 0.290. The van der Waals surface area contributed by atoms with Crippen molar-refractivity contribution in [2.45, 2.75) is 39.0 Å². The van der Waals surface area contributed by atoms with Crippen LogP contribution in [0.3, 0.4) is 0 Å². The first-order valence-corrected chi connectivity index (χ1v) is 13.1. The van der Waals surface area contributed by atoms with Crippen LogP contribution in [0.2, 0.25) is 0 Å². The maximum Gasteiger partial charge on any atom is 0.326 e. The third kappa shape index (κ3) is 5.37. The van der Waals surface area contributed by atoms with Gasteiger partial charge >= 0.3 is 6.03 Å². The van der Waals surface area contributed by atoms with E-state index in [2.05, 4.69) is 29.4 Å². The van der Waals surface area contributed by atoms with E-state index < -0.39 is 0 Å². The largest absolute Gasteiger partial charge is 0.493 e. The predicted molar refractivity (Wildman–Crippen MR) is 151 cm³/mol. The van der Waals surface area contributed by atoms with Gasteiger partial charge in [-0.2, -0.15) is 0 Å². The second kappa shape index (κ2) is 11.4. The second-order valence-corrected chi connectivity index (χ2v) is 9.41. The number of pyridine rings is 1. The lowest BCUT2D eigenvalue weighted by atomic mass is 10.0. The van der Waals surface area contributed by atoms with Crippen LogP contribution in [0.1, 0.15) is 37.3 Å². The van der Waals surface area contributed by atoms with Gasteiger partial charge in [-0.25, -0.2) is 4.79 Å².